The highest BCUT2D eigenvalue weighted by atomic mass is 16.3. The lowest BCUT2D eigenvalue weighted by Gasteiger charge is -2.26. The molecule has 10 radical (unpaired) electrons. The first-order valence-electron chi connectivity index (χ1n) is 18.3. The van der Waals surface area contributed by atoms with Gasteiger partial charge in [-0.2, -0.15) is 0 Å². The smallest absolute Gasteiger partial charge is 0.143 e. The van der Waals surface area contributed by atoms with E-state index in [1.54, 1.807) is 0 Å². The molecule has 8 aromatic carbocycles. The number of fused-ring (bicyclic) bond motifs is 6. The van der Waals surface area contributed by atoms with Gasteiger partial charge in [-0.1, -0.05) is 108 Å². The Morgan fingerprint density at radius 3 is 1.64 bits per heavy atom. The first-order chi connectivity index (χ1) is 27.3. The number of nitrogens with zero attached hydrogens (tertiary/aromatic N) is 1. The van der Waals surface area contributed by atoms with Crippen molar-refractivity contribution in [3.05, 3.63) is 158 Å². The summed E-state index contributed by atoms with van der Waals surface area (Å²) in [6, 6.07) is 54.0. The molecule has 3 nitrogen and oxygen atoms in total. The molecule has 0 aliphatic carbocycles. The van der Waals surface area contributed by atoms with Gasteiger partial charge in [-0.25, -0.2) is 0 Å². The summed E-state index contributed by atoms with van der Waals surface area (Å²) in [7, 11) is 31.4. The Balaban J connectivity index is 1.06. The Morgan fingerprint density at radius 2 is 0.911 bits per heavy atom. The fourth-order valence-electron chi connectivity index (χ4n) is 7.86. The third kappa shape index (κ3) is 5.51. The lowest BCUT2D eigenvalue weighted by Crippen LogP contribution is -2.55. The second kappa shape index (κ2) is 13.4. The molecule has 0 spiro atoms. The standard InChI is InChI=1S/C48H26B5NO2/c49-43-42(44(50)46(52)47(53)45(43)51)29-15-20-32(21-16-29)54(33-22-23-36-35-9-4-5-12-39(35)55-41(36)26-33)31-18-13-27(14-19-31)30-17-24-40-38(25-30)37-11-6-10-34(48(37)56-40)28-7-2-1-3-8-28/h1-26H. The normalized spacial score (nSPS) is 11.6. The molecule has 0 atom stereocenters. The van der Waals surface area contributed by atoms with Gasteiger partial charge in [-0.05, 0) is 82.4 Å². The van der Waals surface area contributed by atoms with Gasteiger partial charge in [-0.15, -0.1) is 16.4 Å². The molecule has 0 amide bonds. The molecule has 10 rings (SSSR count). The molecule has 0 aliphatic rings. The molecule has 0 saturated heterocycles. The molecule has 0 aliphatic heterocycles. The molecule has 0 unspecified atom stereocenters. The monoisotopic (exact) mass is 703 g/mol. The molecule has 8 heteroatoms. The summed E-state index contributed by atoms with van der Waals surface area (Å²) in [5.41, 5.74) is 13.1. The molecule has 0 bridgehead atoms. The summed E-state index contributed by atoms with van der Waals surface area (Å²) in [6.07, 6.45) is 0. The van der Waals surface area contributed by atoms with Gasteiger partial charge in [0.05, 0.1) is 0 Å². The van der Waals surface area contributed by atoms with Gasteiger partial charge >= 0.3 is 0 Å². The topological polar surface area (TPSA) is 29.5 Å². The minimum Gasteiger partial charge on any atom is -0.456 e. The molecule has 0 saturated carbocycles. The van der Waals surface area contributed by atoms with Crippen molar-refractivity contribution in [1.29, 1.82) is 0 Å². The van der Waals surface area contributed by atoms with E-state index in [1.165, 1.54) is 0 Å². The van der Waals surface area contributed by atoms with Gasteiger partial charge < -0.3 is 13.7 Å². The zero-order chi connectivity index (χ0) is 38.1. The Kier molecular flexibility index (Phi) is 8.11. The number of rotatable bonds is 6. The van der Waals surface area contributed by atoms with Gasteiger partial charge in [0.2, 0.25) is 0 Å². The lowest BCUT2D eigenvalue weighted by atomic mass is 9.60. The van der Waals surface area contributed by atoms with Crippen LogP contribution in [0.1, 0.15) is 0 Å². The van der Waals surface area contributed by atoms with Crippen molar-refractivity contribution < 1.29 is 8.83 Å². The number of hydrogen-bond acceptors (Lipinski definition) is 3. The molecule has 0 fully saturated rings. The summed E-state index contributed by atoms with van der Waals surface area (Å²) in [6.45, 7) is 0. The van der Waals surface area contributed by atoms with E-state index >= 15 is 0 Å². The van der Waals surface area contributed by atoms with E-state index in [2.05, 4.69) is 102 Å². The third-order valence-corrected chi connectivity index (χ3v) is 10.8. The second-order valence-electron chi connectivity index (χ2n) is 14.0. The largest absolute Gasteiger partial charge is 0.456 e. The van der Waals surface area contributed by atoms with E-state index in [4.69, 9.17) is 48.1 Å². The predicted octanol–water partition coefficient (Wildman–Crippen LogP) is 7.93. The molecule has 0 N–H and O–H groups in total. The van der Waals surface area contributed by atoms with E-state index in [9.17, 15) is 0 Å². The maximum absolute atomic E-state index is 6.45. The van der Waals surface area contributed by atoms with Gasteiger partial charge in [0.15, 0.2) is 0 Å². The van der Waals surface area contributed by atoms with E-state index < -0.39 is 0 Å². The maximum Gasteiger partial charge on any atom is 0.143 e. The van der Waals surface area contributed by atoms with E-state index in [0.717, 1.165) is 88.8 Å². The third-order valence-electron chi connectivity index (χ3n) is 10.8. The summed E-state index contributed by atoms with van der Waals surface area (Å²) >= 11 is 0. The van der Waals surface area contributed by atoms with Crippen molar-refractivity contribution in [2.24, 2.45) is 0 Å². The molecular weight excluding hydrogens is 677 g/mol. The van der Waals surface area contributed by atoms with Crippen molar-refractivity contribution >= 4 is 127 Å². The Labute approximate surface area is 331 Å². The quantitative estimate of drug-likeness (QED) is 0.165. The van der Waals surface area contributed by atoms with Crippen LogP contribution in [0.25, 0.3) is 77.3 Å². The predicted molar refractivity (Wildman–Crippen MR) is 239 cm³/mol. The van der Waals surface area contributed by atoms with Crippen LogP contribution in [0, 0.1) is 0 Å². The fourth-order valence-corrected chi connectivity index (χ4v) is 7.86. The van der Waals surface area contributed by atoms with Gasteiger partial charge in [0, 0.05) is 50.2 Å². The summed E-state index contributed by atoms with van der Waals surface area (Å²) in [5, 5.41) is 4.29. The molecular formula is C48H26B5NO2. The minimum atomic E-state index is 0.186. The average Bonchev–Trinajstić information content (AvgIpc) is 3.81. The zero-order valence-corrected chi connectivity index (χ0v) is 30.2. The maximum atomic E-state index is 6.45. The minimum absolute atomic E-state index is 0.186. The highest BCUT2D eigenvalue weighted by Gasteiger charge is 2.18. The molecule has 10 aromatic rings. The lowest BCUT2D eigenvalue weighted by molar-refractivity contribution is 0.669. The average molecular weight is 703 g/mol. The van der Waals surface area contributed by atoms with Crippen LogP contribution in [0.5, 0.6) is 0 Å². The van der Waals surface area contributed by atoms with Crippen LogP contribution in [-0.4, -0.2) is 39.2 Å². The Morgan fingerprint density at radius 1 is 0.339 bits per heavy atom. The van der Waals surface area contributed by atoms with Gasteiger partial charge in [0.25, 0.3) is 0 Å². The zero-order valence-electron chi connectivity index (χ0n) is 30.2. The molecule has 2 aromatic heterocycles. The van der Waals surface area contributed by atoms with Crippen LogP contribution in [0.3, 0.4) is 0 Å². The van der Waals surface area contributed by atoms with Crippen LogP contribution < -0.4 is 32.2 Å². The van der Waals surface area contributed by atoms with Crippen LogP contribution in [0.2, 0.25) is 0 Å². The number of benzene rings is 8. The molecule has 56 heavy (non-hydrogen) atoms. The van der Waals surface area contributed by atoms with Gasteiger partial charge in [-0.3, -0.25) is 0 Å². The van der Waals surface area contributed by atoms with Crippen molar-refractivity contribution in [3.63, 3.8) is 0 Å². The summed E-state index contributed by atoms with van der Waals surface area (Å²) in [4.78, 5) is 2.19. The Hall–Kier alpha value is -6.52. The fraction of sp³-hybridized carbons (Fsp3) is 0. The van der Waals surface area contributed by atoms with E-state index in [1.807, 2.05) is 60.7 Å². The van der Waals surface area contributed by atoms with E-state index in [-0.39, 0.29) is 16.4 Å². The van der Waals surface area contributed by atoms with Crippen molar-refractivity contribution in [3.8, 4) is 33.4 Å². The van der Waals surface area contributed by atoms with Crippen LogP contribution in [-0.2, 0) is 0 Å². The summed E-state index contributed by atoms with van der Waals surface area (Å²) in [5.74, 6) is 0. The van der Waals surface area contributed by atoms with Crippen molar-refractivity contribution in [2.45, 2.75) is 0 Å². The van der Waals surface area contributed by atoms with Gasteiger partial charge in [0.1, 0.15) is 61.6 Å². The highest BCUT2D eigenvalue weighted by molar-refractivity contribution is 6.68. The van der Waals surface area contributed by atoms with Crippen molar-refractivity contribution in [2.75, 3.05) is 4.90 Å². The molecule has 250 valence electrons. The number of para-hydroxylation sites is 2. The van der Waals surface area contributed by atoms with E-state index in [0.29, 0.717) is 16.5 Å². The molecule has 2 heterocycles. The number of hydrogen-bond donors (Lipinski definition) is 0. The Bertz CT molecular complexity index is 3100. The highest BCUT2D eigenvalue weighted by Crippen LogP contribution is 2.41. The van der Waals surface area contributed by atoms with Crippen LogP contribution in [0.15, 0.2) is 167 Å². The first kappa shape index (κ1) is 34.0. The second-order valence-corrected chi connectivity index (χ2v) is 14.0. The first-order valence-corrected chi connectivity index (χ1v) is 18.3. The summed E-state index contributed by atoms with van der Waals surface area (Å²) < 4.78 is 12.8. The van der Waals surface area contributed by atoms with Crippen molar-refractivity contribution in [1.82, 2.24) is 0 Å². The number of anilines is 3. The van der Waals surface area contributed by atoms with Crippen LogP contribution in [0.4, 0.5) is 17.1 Å². The SMILES string of the molecule is [B]c1c([B])c([B])c(-c2ccc(N(c3ccc(-c4ccc5oc6c(-c7ccccc7)cccc6c5c4)cc3)c3ccc4c(c3)oc3ccccc34)cc2)c([B])c1[B]. The van der Waals surface area contributed by atoms with Crippen LogP contribution >= 0.6 is 0 Å². The number of furan rings is 2.